The number of thiophene rings is 1. The fourth-order valence-electron chi connectivity index (χ4n) is 2.77. The van der Waals surface area contributed by atoms with Crippen LogP contribution in [0.2, 0.25) is 0 Å². The highest BCUT2D eigenvalue weighted by Crippen LogP contribution is 2.30. The number of hydrogen-bond donors (Lipinski definition) is 3. The monoisotopic (exact) mass is 374 g/mol. The summed E-state index contributed by atoms with van der Waals surface area (Å²) in [5.41, 5.74) is 1.88. The van der Waals surface area contributed by atoms with E-state index in [4.69, 9.17) is 0 Å². The normalized spacial score (nSPS) is 14.7. The van der Waals surface area contributed by atoms with Crippen molar-refractivity contribution in [3.63, 3.8) is 0 Å². The van der Waals surface area contributed by atoms with Gasteiger partial charge in [-0.05, 0) is 54.5 Å². The molecule has 1 aromatic heterocycles. The molecule has 0 unspecified atom stereocenters. The number of nitrogens with zero attached hydrogens (tertiary/aromatic N) is 1. The van der Waals surface area contributed by atoms with Gasteiger partial charge in [0.2, 0.25) is 0 Å². The number of phenols is 1. The zero-order chi connectivity index (χ0) is 18.7. The fourth-order valence-corrected chi connectivity index (χ4v) is 3.68. The average Bonchev–Trinajstić information content (AvgIpc) is 3.36. The van der Waals surface area contributed by atoms with E-state index < -0.39 is 12.0 Å². The number of phenolic OH excluding ortho intramolecular Hbond substituents is 1. The van der Waals surface area contributed by atoms with Crippen molar-refractivity contribution in [1.82, 2.24) is 10.2 Å². The lowest BCUT2D eigenvalue weighted by Crippen LogP contribution is -2.49. The van der Waals surface area contributed by atoms with Crippen molar-refractivity contribution in [2.45, 2.75) is 44.8 Å². The van der Waals surface area contributed by atoms with E-state index in [1.165, 1.54) is 12.1 Å². The van der Waals surface area contributed by atoms with E-state index in [1.807, 2.05) is 18.4 Å². The molecule has 0 bridgehead atoms. The number of rotatable bonds is 7. The number of amides is 2. The molecule has 7 heteroatoms. The van der Waals surface area contributed by atoms with Gasteiger partial charge in [-0.1, -0.05) is 12.1 Å². The molecule has 1 heterocycles. The van der Waals surface area contributed by atoms with Gasteiger partial charge in [0.05, 0.1) is 6.54 Å². The van der Waals surface area contributed by atoms with Crippen LogP contribution in [0.25, 0.3) is 0 Å². The number of aliphatic carboxylic acids is 1. The van der Waals surface area contributed by atoms with E-state index in [1.54, 1.807) is 28.4 Å². The third kappa shape index (κ3) is 4.54. The largest absolute Gasteiger partial charge is 0.508 e. The minimum absolute atomic E-state index is 0.121. The lowest BCUT2D eigenvalue weighted by atomic mass is 10.1. The predicted molar refractivity (Wildman–Crippen MR) is 99.4 cm³/mol. The van der Waals surface area contributed by atoms with Crippen LogP contribution in [0.4, 0.5) is 4.79 Å². The molecule has 1 aromatic carbocycles. The summed E-state index contributed by atoms with van der Waals surface area (Å²) in [6, 6.07) is 7.17. The summed E-state index contributed by atoms with van der Waals surface area (Å²) in [7, 11) is 0. The highest BCUT2D eigenvalue weighted by atomic mass is 32.1. The second-order valence-electron chi connectivity index (χ2n) is 6.60. The van der Waals surface area contributed by atoms with E-state index >= 15 is 0 Å². The van der Waals surface area contributed by atoms with E-state index in [2.05, 4.69) is 5.32 Å². The summed E-state index contributed by atoms with van der Waals surface area (Å²) >= 11 is 1.61. The second-order valence-corrected chi connectivity index (χ2v) is 7.60. The molecule has 2 amide bonds. The SMILES string of the molecule is Cc1ccsc1CN(C(=O)N[C@@H](Cc1ccc(O)cc1)C(=O)O)C1CC1. The van der Waals surface area contributed by atoms with Gasteiger partial charge >= 0.3 is 12.0 Å². The quantitative estimate of drug-likeness (QED) is 0.694. The van der Waals surface area contributed by atoms with Crippen molar-refractivity contribution in [2.75, 3.05) is 0 Å². The van der Waals surface area contributed by atoms with Crippen molar-refractivity contribution in [3.05, 3.63) is 51.7 Å². The van der Waals surface area contributed by atoms with Gasteiger partial charge in [-0.15, -0.1) is 11.3 Å². The standard InChI is InChI=1S/C19H22N2O4S/c1-12-8-9-26-17(12)11-21(14-4-5-14)19(25)20-16(18(23)24)10-13-2-6-15(22)7-3-13/h2-3,6-9,14,16,22H,4-5,10-11H2,1H3,(H,20,25)(H,23,24)/t16-/m0/s1. The molecule has 0 saturated heterocycles. The van der Waals surface area contributed by atoms with Crippen molar-refractivity contribution in [1.29, 1.82) is 0 Å². The Labute approximate surface area is 156 Å². The number of urea groups is 1. The molecule has 0 spiro atoms. The van der Waals surface area contributed by atoms with Gasteiger partial charge in [-0.3, -0.25) is 0 Å². The predicted octanol–water partition coefficient (Wildman–Crippen LogP) is 3.13. The minimum Gasteiger partial charge on any atom is -0.508 e. The first-order valence-electron chi connectivity index (χ1n) is 8.55. The van der Waals surface area contributed by atoms with Crippen LogP contribution in [0.1, 0.15) is 28.8 Å². The van der Waals surface area contributed by atoms with E-state index in [0.717, 1.165) is 28.8 Å². The van der Waals surface area contributed by atoms with Crippen molar-refractivity contribution in [2.24, 2.45) is 0 Å². The summed E-state index contributed by atoms with van der Waals surface area (Å²) in [5, 5.41) is 23.5. The molecule has 3 N–H and O–H groups in total. The summed E-state index contributed by atoms with van der Waals surface area (Å²) in [6.07, 6.45) is 2.07. The number of aromatic hydroxyl groups is 1. The molecule has 0 radical (unpaired) electrons. The summed E-state index contributed by atoms with van der Waals surface area (Å²) in [6.45, 7) is 2.52. The number of carboxylic acid groups (broad SMARTS) is 1. The fraction of sp³-hybridized carbons (Fsp3) is 0.368. The van der Waals surface area contributed by atoms with E-state index in [-0.39, 0.29) is 24.2 Å². The number of aryl methyl sites for hydroxylation is 1. The van der Waals surface area contributed by atoms with E-state index in [9.17, 15) is 19.8 Å². The molecule has 1 fully saturated rings. The first-order valence-corrected chi connectivity index (χ1v) is 9.43. The summed E-state index contributed by atoms with van der Waals surface area (Å²) < 4.78 is 0. The van der Waals surface area contributed by atoms with Gasteiger partial charge in [-0.25, -0.2) is 9.59 Å². The highest BCUT2D eigenvalue weighted by molar-refractivity contribution is 7.10. The molecule has 1 atom stereocenters. The molecule has 6 nitrogen and oxygen atoms in total. The highest BCUT2D eigenvalue weighted by Gasteiger charge is 2.34. The maximum atomic E-state index is 12.7. The molecule has 2 aromatic rings. The lowest BCUT2D eigenvalue weighted by molar-refractivity contribution is -0.139. The third-order valence-electron chi connectivity index (χ3n) is 4.50. The van der Waals surface area contributed by atoms with Crippen LogP contribution in [-0.2, 0) is 17.8 Å². The van der Waals surface area contributed by atoms with Crippen molar-refractivity contribution >= 4 is 23.3 Å². The molecule has 1 aliphatic rings. The number of carboxylic acids is 1. The van der Waals surface area contributed by atoms with Gasteiger partial charge in [0.1, 0.15) is 11.8 Å². The topological polar surface area (TPSA) is 89.9 Å². The molecular weight excluding hydrogens is 352 g/mol. The number of carbonyl (C=O) groups excluding carboxylic acids is 1. The first kappa shape index (κ1) is 18.3. The Morgan fingerprint density at radius 3 is 2.50 bits per heavy atom. The van der Waals surface area contributed by atoms with Crippen LogP contribution < -0.4 is 5.32 Å². The Bertz CT molecular complexity index is 783. The smallest absolute Gasteiger partial charge is 0.326 e. The summed E-state index contributed by atoms with van der Waals surface area (Å²) in [4.78, 5) is 27.2. The van der Waals surface area contributed by atoms with Crippen molar-refractivity contribution in [3.8, 4) is 5.75 Å². The van der Waals surface area contributed by atoms with Crippen LogP contribution in [0.15, 0.2) is 35.7 Å². The zero-order valence-corrected chi connectivity index (χ0v) is 15.3. The molecule has 3 rings (SSSR count). The zero-order valence-electron chi connectivity index (χ0n) is 14.5. The molecule has 26 heavy (non-hydrogen) atoms. The van der Waals surface area contributed by atoms with E-state index in [0.29, 0.717) is 6.54 Å². The van der Waals surface area contributed by atoms with Crippen LogP contribution >= 0.6 is 11.3 Å². The summed E-state index contributed by atoms with van der Waals surface area (Å²) in [5.74, 6) is -0.953. The molecule has 1 aliphatic carbocycles. The molecule has 1 saturated carbocycles. The number of hydrogen-bond acceptors (Lipinski definition) is 4. The van der Waals surface area contributed by atoms with Crippen LogP contribution in [-0.4, -0.2) is 39.2 Å². The third-order valence-corrected chi connectivity index (χ3v) is 5.51. The Hall–Kier alpha value is -2.54. The average molecular weight is 374 g/mol. The van der Waals surface area contributed by atoms with Crippen molar-refractivity contribution < 1.29 is 19.8 Å². The first-order chi connectivity index (χ1) is 12.4. The van der Waals surface area contributed by atoms with Gasteiger partial charge in [0.25, 0.3) is 0 Å². The van der Waals surface area contributed by atoms with Crippen LogP contribution in [0, 0.1) is 6.92 Å². The molecule has 138 valence electrons. The maximum absolute atomic E-state index is 12.7. The second kappa shape index (κ2) is 7.78. The number of benzene rings is 1. The Balaban J connectivity index is 1.68. The lowest BCUT2D eigenvalue weighted by Gasteiger charge is -2.25. The Kier molecular flexibility index (Phi) is 5.46. The molecular formula is C19H22N2O4S. The van der Waals surface area contributed by atoms with Gasteiger partial charge in [-0.2, -0.15) is 0 Å². The van der Waals surface area contributed by atoms with Gasteiger partial charge < -0.3 is 20.4 Å². The Morgan fingerprint density at radius 1 is 1.27 bits per heavy atom. The van der Waals surface area contributed by atoms with Gasteiger partial charge in [0.15, 0.2) is 0 Å². The molecule has 0 aliphatic heterocycles. The Morgan fingerprint density at radius 2 is 1.96 bits per heavy atom. The minimum atomic E-state index is -1.07. The van der Waals surface area contributed by atoms with Gasteiger partial charge in [0, 0.05) is 17.3 Å². The van der Waals surface area contributed by atoms with Crippen LogP contribution in [0.3, 0.4) is 0 Å². The van der Waals surface area contributed by atoms with Crippen LogP contribution in [0.5, 0.6) is 5.75 Å². The maximum Gasteiger partial charge on any atom is 0.326 e. The number of nitrogens with one attached hydrogen (secondary N) is 1. The number of carbonyl (C=O) groups is 2.